The van der Waals surface area contributed by atoms with Gasteiger partial charge in [0.15, 0.2) is 0 Å². The number of esters is 1. The molecule has 0 aromatic carbocycles. The van der Waals surface area contributed by atoms with E-state index >= 15 is 0 Å². The minimum atomic E-state index is -0.576. The van der Waals surface area contributed by atoms with Crippen molar-refractivity contribution in [2.75, 3.05) is 25.5 Å². The van der Waals surface area contributed by atoms with E-state index in [0.29, 0.717) is 24.5 Å². The third-order valence-corrected chi connectivity index (χ3v) is 5.73. The minimum absolute atomic E-state index is 0.0645. The molecule has 0 spiro atoms. The van der Waals surface area contributed by atoms with Crippen LogP contribution in [0.4, 0.5) is 5.00 Å². The number of fused-ring (bicyclic) bond motifs is 1. The van der Waals surface area contributed by atoms with Gasteiger partial charge in [-0.3, -0.25) is 24.1 Å². The molecule has 1 aromatic rings. The van der Waals surface area contributed by atoms with Crippen molar-refractivity contribution in [2.24, 2.45) is 0 Å². The molecule has 0 radical (unpaired) electrons. The van der Waals surface area contributed by atoms with Gasteiger partial charge in [-0.2, -0.15) is 0 Å². The molecule has 2 aliphatic rings. The van der Waals surface area contributed by atoms with Gasteiger partial charge in [-0.05, 0) is 12.0 Å². The predicted octanol–water partition coefficient (Wildman–Crippen LogP) is 0.527. The van der Waals surface area contributed by atoms with Crippen LogP contribution in [0.3, 0.4) is 0 Å². The highest BCUT2D eigenvalue weighted by Crippen LogP contribution is 2.37. The van der Waals surface area contributed by atoms with Gasteiger partial charge in [0.05, 0.1) is 19.2 Å². The van der Waals surface area contributed by atoms with Gasteiger partial charge >= 0.3 is 5.97 Å². The summed E-state index contributed by atoms with van der Waals surface area (Å²) in [4.78, 5) is 62.9. The van der Waals surface area contributed by atoms with Crippen LogP contribution in [0.2, 0.25) is 0 Å². The Balaban J connectivity index is 1.83. The standard InChI is InChI=1S/C17H19N3O6S/c1-9(21)19-6-5-10-11(7-19)27-16(15(10)17(25)26-2)18-12(22)8-20-13(23)3-4-14(20)24/h3-8H2,1-2H3,(H,18,22). The van der Waals surface area contributed by atoms with Gasteiger partial charge in [0.2, 0.25) is 23.6 Å². The second kappa shape index (κ2) is 7.47. The summed E-state index contributed by atoms with van der Waals surface area (Å²) in [7, 11) is 1.25. The van der Waals surface area contributed by atoms with Gasteiger partial charge in [-0.15, -0.1) is 11.3 Å². The van der Waals surface area contributed by atoms with Gasteiger partial charge in [0, 0.05) is 31.2 Å². The lowest BCUT2D eigenvalue weighted by Crippen LogP contribution is -2.37. The number of carbonyl (C=O) groups excluding carboxylic acids is 5. The molecule has 0 aliphatic carbocycles. The first-order valence-electron chi connectivity index (χ1n) is 8.43. The Labute approximate surface area is 159 Å². The lowest BCUT2D eigenvalue weighted by atomic mass is 10.0. The number of rotatable bonds is 4. The van der Waals surface area contributed by atoms with Crippen molar-refractivity contribution in [1.29, 1.82) is 0 Å². The molecule has 0 bridgehead atoms. The van der Waals surface area contributed by atoms with E-state index in [2.05, 4.69) is 5.32 Å². The Hall–Kier alpha value is -2.75. The van der Waals surface area contributed by atoms with Gasteiger partial charge in [-0.1, -0.05) is 0 Å². The number of methoxy groups -OCH3 is 1. The third kappa shape index (κ3) is 3.70. The number of hydrogen-bond donors (Lipinski definition) is 1. The summed E-state index contributed by atoms with van der Waals surface area (Å²) in [5.41, 5.74) is 1.03. The zero-order valence-corrected chi connectivity index (χ0v) is 15.8. The number of amides is 4. The topological polar surface area (TPSA) is 113 Å². The molecule has 27 heavy (non-hydrogen) atoms. The van der Waals surface area contributed by atoms with Crippen molar-refractivity contribution < 1.29 is 28.7 Å². The van der Waals surface area contributed by atoms with E-state index in [1.165, 1.54) is 25.4 Å². The van der Waals surface area contributed by atoms with Crippen LogP contribution < -0.4 is 5.32 Å². The number of anilines is 1. The summed E-state index contributed by atoms with van der Waals surface area (Å²) < 4.78 is 4.84. The summed E-state index contributed by atoms with van der Waals surface area (Å²) in [5, 5.41) is 2.93. The summed E-state index contributed by atoms with van der Waals surface area (Å²) in [6, 6.07) is 0. The van der Waals surface area contributed by atoms with Gasteiger partial charge in [-0.25, -0.2) is 4.79 Å². The molecular formula is C17H19N3O6S. The number of nitrogens with one attached hydrogen (secondary N) is 1. The fourth-order valence-corrected chi connectivity index (χ4v) is 4.45. The molecule has 4 amide bonds. The Morgan fingerprint density at radius 2 is 1.81 bits per heavy atom. The van der Waals surface area contributed by atoms with E-state index in [-0.39, 0.29) is 42.7 Å². The monoisotopic (exact) mass is 393 g/mol. The summed E-state index contributed by atoms with van der Waals surface area (Å²) in [6.07, 6.45) is 0.691. The highest BCUT2D eigenvalue weighted by molar-refractivity contribution is 7.17. The number of hydrogen-bond acceptors (Lipinski definition) is 7. The van der Waals surface area contributed by atoms with Crippen LogP contribution >= 0.6 is 11.3 Å². The quantitative estimate of drug-likeness (QED) is 0.590. The van der Waals surface area contributed by atoms with Crippen LogP contribution in [0.15, 0.2) is 0 Å². The number of nitrogens with zero attached hydrogens (tertiary/aromatic N) is 2. The number of thiophene rings is 1. The zero-order chi connectivity index (χ0) is 19.7. The van der Waals surface area contributed by atoms with Crippen molar-refractivity contribution in [3.8, 4) is 0 Å². The molecule has 9 nitrogen and oxygen atoms in total. The Bertz CT molecular complexity index is 830. The minimum Gasteiger partial charge on any atom is -0.465 e. The number of imide groups is 1. The maximum atomic E-state index is 12.3. The van der Waals surface area contributed by atoms with E-state index in [0.717, 1.165) is 15.3 Å². The molecule has 144 valence electrons. The van der Waals surface area contributed by atoms with Crippen molar-refractivity contribution in [2.45, 2.75) is 32.7 Å². The fraction of sp³-hybridized carbons (Fsp3) is 0.471. The lowest BCUT2D eigenvalue weighted by molar-refractivity contribution is -0.141. The SMILES string of the molecule is COC(=O)c1c(NC(=O)CN2C(=O)CCC2=O)sc2c1CCN(C(C)=O)C2. The van der Waals surface area contributed by atoms with Crippen LogP contribution in [-0.4, -0.2) is 59.6 Å². The van der Waals surface area contributed by atoms with E-state index in [4.69, 9.17) is 4.74 Å². The predicted molar refractivity (Wildman–Crippen MR) is 95.0 cm³/mol. The van der Waals surface area contributed by atoms with Gasteiger partial charge < -0.3 is 15.0 Å². The molecule has 1 aromatic heterocycles. The number of carbonyl (C=O) groups is 5. The largest absolute Gasteiger partial charge is 0.465 e. The van der Waals surface area contributed by atoms with E-state index < -0.39 is 11.9 Å². The van der Waals surface area contributed by atoms with Crippen LogP contribution in [0, 0.1) is 0 Å². The fourth-order valence-electron chi connectivity index (χ4n) is 3.19. The lowest BCUT2D eigenvalue weighted by Gasteiger charge is -2.25. The Kier molecular flexibility index (Phi) is 5.26. The first-order chi connectivity index (χ1) is 12.8. The average molecular weight is 393 g/mol. The van der Waals surface area contributed by atoms with Crippen molar-refractivity contribution >= 4 is 45.9 Å². The average Bonchev–Trinajstić information content (AvgIpc) is 3.14. The molecule has 10 heteroatoms. The smallest absolute Gasteiger partial charge is 0.341 e. The van der Waals surface area contributed by atoms with Crippen molar-refractivity contribution in [3.05, 3.63) is 16.0 Å². The Morgan fingerprint density at radius 1 is 1.15 bits per heavy atom. The maximum Gasteiger partial charge on any atom is 0.341 e. The highest BCUT2D eigenvalue weighted by atomic mass is 32.1. The normalized spacial score (nSPS) is 16.4. The first kappa shape index (κ1) is 19.0. The van der Waals surface area contributed by atoms with E-state index in [1.807, 2.05) is 0 Å². The van der Waals surface area contributed by atoms with Crippen molar-refractivity contribution in [1.82, 2.24) is 9.80 Å². The molecular weight excluding hydrogens is 374 g/mol. The first-order valence-corrected chi connectivity index (χ1v) is 9.25. The van der Waals surface area contributed by atoms with Crippen molar-refractivity contribution in [3.63, 3.8) is 0 Å². The van der Waals surface area contributed by atoms with Crippen LogP contribution in [0.5, 0.6) is 0 Å². The molecule has 0 saturated carbocycles. The second-order valence-corrected chi connectivity index (χ2v) is 7.42. The molecule has 2 aliphatic heterocycles. The molecule has 0 atom stereocenters. The summed E-state index contributed by atoms with van der Waals surface area (Å²) >= 11 is 1.20. The number of ether oxygens (including phenoxy) is 1. The van der Waals surface area contributed by atoms with Gasteiger partial charge in [0.1, 0.15) is 11.5 Å². The Morgan fingerprint density at radius 3 is 2.41 bits per heavy atom. The zero-order valence-electron chi connectivity index (χ0n) is 15.0. The van der Waals surface area contributed by atoms with E-state index in [9.17, 15) is 24.0 Å². The molecule has 3 heterocycles. The highest BCUT2D eigenvalue weighted by Gasteiger charge is 2.33. The van der Waals surface area contributed by atoms with Gasteiger partial charge in [0.25, 0.3) is 0 Å². The van der Waals surface area contributed by atoms with E-state index in [1.54, 1.807) is 4.90 Å². The van der Waals surface area contributed by atoms with Crippen LogP contribution in [0.1, 0.15) is 40.6 Å². The molecule has 1 N–H and O–H groups in total. The molecule has 1 saturated heterocycles. The summed E-state index contributed by atoms with van der Waals surface area (Å²) in [5.74, 6) is -1.97. The maximum absolute atomic E-state index is 12.3. The molecule has 0 unspecified atom stereocenters. The summed E-state index contributed by atoms with van der Waals surface area (Å²) in [6.45, 7) is 1.93. The molecule has 3 rings (SSSR count). The third-order valence-electron chi connectivity index (χ3n) is 4.60. The van der Waals surface area contributed by atoms with Crippen LogP contribution in [0.25, 0.3) is 0 Å². The number of likely N-dealkylation sites (tertiary alicyclic amines) is 1. The second-order valence-electron chi connectivity index (χ2n) is 6.31. The van der Waals surface area contributed by atoms with Crippen LogP contribution in [-0.2, 0) is 36.9 Å². The molecule has 1 fully saturated rings.